The van der Waals surface area contributed by atoms with Gasteiger partial charge >= 0.3 is 5.97 Å². The monoisotopic (exact) mass is 400 g/mol. The van der Waals surface area contributed by atoms with Gasteiger partial charge in [0.15, 0.2) is 17.6 Å². The van der Waals surface area contributed by atoms with E-state index in [1.54, 1.807) is 35.9 Å². The SMILES string of the molecule is CC(OC(=O)c1cc(C2CC2)nn1-c1ccccc1)c1nc2ccccc2c(=O)[nH]1. The molecule has 30 heavy (non-hydrogen) atoms. The molecule has 7 nitrogen and oxygen atoms in total. The normalized spacial score (nSPS) is 14.6. The number of benzene rings is 2. The molecule has 0 radical (unpaired) electrons. The van der Waals surface area contributed by atoms with E-state index < -0.39 is 12.1 Å². The Bertz CT molecular complexity index is 1290. The van der Waals surface area contributed by atoms with Crippen molar-refractivity contribution in [1.82, 2.24) is 19.7 Å². The molecule has 1 aliphatic rings. The zero-order chi connectivity index (χ0) is 20.7. The maximum atomic E-state index is 13.0. The summed E-state index contributed by atoms with van der Waals surface area (Å²) >= 11 is 0. The minimum absolute atomic E-state index is 0.260. The van der Waals surface area contributed by atoms with E-state index in [9.17, 15) is 9.59 Å². The van der Waals surface area contributed by atoms with Crippen LogP contribution in [0.2, 0.25) is 0 Å². The standard InChI is InChI=1S/C23H20N4O3/c1-14(21-24-18-10-6-5-9-17(18)22(28)25-21)30-23(29)20-13-19(15-11-12-15)26-27(20)16-7-3-2-4-8-16/h2-10,13-15H,11-12H2,1H3,(H,24,25,28). The van der Waals surface area contributed by atoms with Crippen LogP contribution in [0.5, 0.6) is 0 Å². The molecule has 1 N–H and O–H groups in total. The van der Waals surface area contributed by atoms with Gasteiger partial charge in [-0.25, -0.2) is 14.5 Å². The summed E-state index contributed by atoms with van der Waals surface area (Å²) in [6, 6.07) is 18.4. The van der Waals surface area contributed by atoms with Crippen molar-refractivity contribution in [2.75, 3.05) is 0 Å². The number of fused-ring (bicyclic) bond motifs is 1. The van der Waals surface area contributed by atoms with E-state index in [1.807, 2.05) is 36.4 Å². The Morgan fingerprint density at radius 2 is 1.87 bits per heavy atom. The number of H-pyrrole nitrogens is 1. The van der Waals surface area contributed by atoms with Crippen LogP contribution in [0, 0.1) is 0 Å². The second kappa shape index (κ2) is 7.26. The summed E-state index contributed by atoms with van der Waals surface area (Å²) in [5, 5.41) is 5.14. The first kappa shape index (κ1) is 18.3. The number of carbonyl (C=O) groups excluding carboxylic acids is 1. The van der Waals surface area contributed by atoms with Crippen molar-refractivity contribution < 1.29 is 9.53 Å². The predicted octanol–water partition coefficient (Wildman–Crippen LogP) is 3.90. The topological polar surface area (TPSA) is 89.9 Å². The lowest BCUT2D eigenvalue weighted by atomic mass is 10.2. The molecule has 0 amide bonds. The Kier molecular flexibility index (Phi) is 4.43. The molecule has 0 spiro atoms. The Morgan fingerprint density at radius 1 is 1.13 bits per heavy atom. The summed E-state index contributed by atoms with van der Waals surface area (Å²) in [6.45, 7) is 1.69. The van der Waals surface area contributed by atoms with Crippen molar-refractivity contribution in [3.63, 3.8) is 0 Å². The van der Waals surface area contributed by atoms with E-state index in [1.165, 1.54) is 0 Å². The van der Waals surface area contributed by atoms with Crippen molar-refractivity contribution in [2.24, 2.45) is 0 Å². The van der Waals surface area contributed by atoms with Crippen LogP contribution in [-0.2, 0) is 4.74 Å². The molecule has 2 aromatic heterocycles. The molecule has 1 unspecified atom stereocenters. The fourth-order valence-electron chi connectivity index (χ4n) is 3.46. The van der Waals surface area contributed by atoms with Gasteiger partial charge in [-0.15, -0.1) is 0 Å². The second-order valence-corrected chi connectivity index (χ2v) is 7.49. The van der Waals surface area contributed by atoms with Gasteiger partial charge < -0.3 is 9.72 Å². The summed E-state index contributed by atoms with van der Waals surface area (Å²) < 4.78 is 7.29. The van der Waals surface area contributed by atoms with Gasteiger partial charge in [0, 0.05) is 5.92 Å². The van der Waals surface area contributed by atoms with Crippen molar-refractivity contribution in [2.45, 2.75) is 31.8 Å². The Morgan fingerprint density at radius 3 is 2.63 bits per heavy atom. The van der Waals surface area contributed by atoms with Gasteiger partial charge in [-0.3, -0.25) is 4.79 Å². The number of aromatic amines is 1. The molecule has 4 aromatic rings. The maximum Gasteiger partial charge on any atom is 0.357 e. The fourth-order valence-corrected chi connectivity index (χ4v) is 3.46. The van der Waals surface area contributed by atoms with Crippen LogP contribution in [0.15, 0.2) is 65.5 Å². The molecule has 2 heterocycles. The number of para-hydroxylation sites is 2. The highest BCUT2D eigenvalue weighted by Crippen LogP contribution is 2.40. The molecule has 7 heteroatoms. The number of hydrogen-bond acceptors (Lipinski definition) is 5. The first-order valence-electron chi connectivity index (χ1n) is 9.95. The van der Waals surface area contributed by atoms with Crippen LogP contribution in [-0.4, -0.2) is 25.7 Å². The molecule has 1 aliphatic carbocycles. The van der Waals surface area contributed by atoms with E-state index in [2.05, 4.69) is 15.1 Å². The molecule has 0 saturated heterocycles. The Balaban J connectivity index is 1.46. The van der Waals surface area contributed by atoms with E-state index in [4.69, 9.17) is 4.74 Å². The summed E-state index contributed by atoms with van der Waals surface area (Å²) in [6.07, 6.45) is 1.44. The second-order valence-electron chi connectivity index (χ2n) is 7.49. The van der Waals surface area contributed by atoms with Crippen molar-refractivity contribution in [3.05, 3.63) is 88.2 Å². The fraction of sp³-hybridized carbons (Fsp3) is 0.217. The predicted molar refractivity (Wildman–Crippen MR) is 112 cm³/mol. The van der Waals surface area contributed by atoms with Crippen molar-refractivity contribution in [1.29, 1.82) is 0 Å². The molecular weight excluding hydrogens is 380 g/mol. The van der Waals surface area contributed by atoms with Gasteiger partial charge in [0.2, 0.25) is 0 Å². The van der Waals surface area contributed by atoms with Gasteiger partial charge in [0.25, 0.3) is 5.56 Å². The molecule has 1 fully saturated rings. The smallest absolute Gasteiger partial charge is 0.357 e. The number of ether oxygens (including phenoxy) is 1. The quantitative estimate of drug-likeness (QED) is 0.513. The molecule has 1 saturated carbocycles. The number of nitrogens with zero attached hydrogens (tertiary/aromatic N) is 3. The van der Waals surface area contributed by atoms with Crippen LogP contribution in [0.25, 0.3) is 16.6 Å². The Labute approximate surface area is 172 Å². The van der Waals surface area contributed by atoms with Crippen molar-refractivity contribution in [3.8, 4) is 5.69 Å². The van der Waals surface area contributed by atoms with Crippen LogP contribution < -0.4 is 5.56 Å². The number of aromatic nitrogens is 4. The zero-order valence-corrected chi connectivity index (χ0v) is 16.4. The van der Waals surface area contributed by atoms with Crippen LogP contribution in [0.4, 0.5) is 0 Å². The van der Waals surface area contributed by atoms with E-state index in [0.717, 1.165) is 24.2 Å². The third kappa shape index (κ3) is 3.39. The molecule has 0 aliphatic heterocycles. The number of esters is 1. The lowest BCUT2D eigenvalue weighted by Crippen LogP contribution is -2.19. The molecule has 2 aromatic carbocycles. The summed E-state index contributed by atoms with van der Waals surface area (Å²) in [5.74, 6) is 0.194. The third-order valence-electron chi connectivity index (χ3n) is 5.23. The molecule has 150 valence electrons. The number of hydrogen-bond donors (Lipinski definition) is 1. The first-order valence-corrected chi connectivity index (χ1v) is 9.95. The largest absolute Gasteiger partial charge is 0.450 e. The van der Waals surface area contributed by atoms with Gasteiger partial charge in [0.05, 0.1) is 22.3 Å². The van der Waals surface area contributed by atoms with Gasteiger partial charge in [-0.1, -0.05) is 30.3 Å². The number of nitrogens with one attached hydrogen (secondary N) is 1. The van der Waals surface area contributed by atoms with Gasteiger partial charge in [-0.2, -0.15) is 5.10 Å². The van der Waals surface area contributed by atoms with E-state index in [-0.39, 0.29) is 5.56 Å². The minimum Gasteiger partial charge on any atom is -0.450 e. The maximum absolute atomic E-state index is 13.0. The highest BCUT2D eigenvalue weighted by Gasteiger charge is 2.30. The highest BCUT2D eigenvalue weighted by molar-refractivity contribution is 5.88. The van der Waals surface area contributed by atoms with Crippen LogP contribution in [0.1, 0.15) is 53.8 Å². The first-order chi connectivity index (χ1) is 14.6. The lowest BCUT2D eigenvalue weighted by Gasteiger charge is -2.14. The third-order valence-corrected chi connectivity index (χ3v) is 5.23. The summed E-state index contributed by atoms with van der Waals surface area (Å²) in [7, 11) is 0. The highest BCUT2D eigenvalue weighted by atomic mass is 16.5. The van der Waals surface area contributed by atoms with E-state index in [0.29, 0.717) is 28.3 Å². The zero-order valence-electron chi connectivity index (χ0n) is 16.4. The molecule has 0 bridgehead atoms. The number of carbonyl (C=O) groups is 1. The molecule has 1 atom stereocenters. The number of rotatable bonds is 5. The average Bonchev–Trinajstić information content (AvgIpc) is 3.52. The summed E-state index contributed by atoms with van der Waals surface area (Å²) in [5.41, 5.74) is 2.35. The van der Waals surface area contributed by atoms with Crippen LogP contribution in [0.3, 0.4) is 0 Å². The summed E-state index contributed by atoms with van der Waals surface area (Å²) in [4.78, 5) is 32.5. The lowest BCUT2D eigenvalue weighted by molar-refractivity contribution is 0.0309. The molecular formula is C23H20N4O3. The Hall–Kier alpha value is -3.74. The van der Waals surface area contributed by atoms with E-state index >= 15 is 0 Å². The van der Waals surface area contributed by atoms with Gasteiger partial charge in [-0.05, 0) is 50.1 Å². The van der Waals surface area contributed by atoms with Crippen molar-refractivity contribution >= 4 is 16.9 Å². The van der Waals surface area contributed by atoms with Crippen LogP contribution >= 0.6 is 0 Å². The molecule has 5 rings (SSSR count). The minimum atomic E-state index is -0.724. The average molecular weight is 400 g/mol. The van der Waals surface area contributed by atoms with Gasteiger partial charge in [0.1, 0.15) is 0 Å².